The Hall–Kier alpha value is -2.78. The average Bonchev–Trinajstić information content (AvgIpc) is 2.75. The van der Waals surface area contributed by atoms with Crippen molar-refractivity contribution in [3.63, 3.8) is 0 Å². The second-order valence-corrected chi connectivity index (χ2v) is 10.2. The first-order valence-corrected chi connectivity index (χ1v) is 12.6. The number of carbonyl (C=O) groups excluding carboxylic acids is 2. The Kier molecular flexibility index (Phi) is 9.13. The summed E-state index contributed by atoms with van der Waals surface area (Å²) >= 11 is 6.29. The number of benzene rings is 2. The summed E-state index contributed by atoms with van der Waals surface area (Å²) in [7, 11) is -2.35. The van der Waals surface area contributed by atoms with E-state index in [2.05, 4.69) is 5.32 Å². The summed E-state index contributed by atoms with van der Waals surface area (Å²) in [6.07, 6.45) is 1.02. The van der Waals surface area contributed by atoms with Gasteiger partial charge in [0.2, 0.25) is 21.8 Å². The van der Waals surface area contributed by atoms with Crippen molar-refractivity contribution in [3.05, 3.63) is 59.1 Å². The molecule has 2 rings (SSSR count). The fourth-order valence-electron chi connectivity index (χ4n) is 3.18. The molecule has 180 valence electrons. The third kappa shape index (κ3) is 7.36. The van der Waals surface area contributed by atoms with E-state index >= 15 is 0 Å². The third-order valence-electron chi connectivity index (χ3n) is 4.92. The van der Waals surface area contributed by atoms with Crippen LogP contribution in [0.15, 0.2) is 48.5 Å². The molecule has 0 heterocycles. The number of rotatable bonds is 10. The molecule has 0 radical (unpaired) electrons. The smallest absolute Gasteiger partial charge is 0.244 e. The van der Waals surface area contributed by atoms with Gasteiger partial charge in [-0.2, -0.15) is 0 Å². The lowest BCUT2D eigenvalue weighted by atomic mass is 10.1. The lowest BCUT2D eigenvalue weighted by Crippen LogP contribution is -2.52. The molecule has 0 aliphatic heterocycles. The van der Waals surface area contributed by atoms with E-state index in [1.54, 1.807) is 49.4 Å². The number of carbonyl (C=O) groups is 2. The molecular formula is C23H30ClN3O5S. The van der Waals surface area contributed by atoms with Crippen molar-refractivity contribution in [2.45, 2.75) is 39.4 Å². The van der Waals surface area contributed by atoms with Gasteiger partial charge in [0.1, 0.15) is 18.3 Å². The molecule has 0 aliphatic carbocycles. The minimum atomic E-state index is -3.81. The van der Waals surface area contributed by atoms with E-state index in [9.17, 15) is 18.0 Å². The number of amides is 2. The van der Waals surface area contributed by atoms with Crippen LogP contribution in [-0.4, -0.2) is 57.1 Å². The number of sulfonamides is 1. The number of hydrogen-bond donors (Lipinski definition) is 1. The lowest BCUT2D eigenvalue weighted by molar-refractivity contribution is -0.139. The van der Waals surface area contributed by atoms with E-state index in [1.807, 2.05) is 13.8 Å². The highest BCUT2D eigenvalue weighted by Gasteiger charge is 2.30. The SMILES string of the molecule is COc1cccc(N(CC(=O)N(Cc2ccccc2Cl)[C@@H](C)C(=O)NC(C)C)S(C)(=O)=O)c1. The van der Waals surface area contributed by atoms with Crippen LogP contribution in [0.2, 0.25) is 5.02 Å². The van der Waals surface area contributed by atoms with Gasteiger partial charge in [-0.1, -0.05) is 35.9 Å². The molecule has 2 amide bonds. The molecule has 0 unspecified atom stereocenters. The summed E-state index contributed by atoms with van der Waals surface area (Å²) in [5, 5.41) is 3.24. The van der Waals surface area contributed by atoms with Gasteiger partial charge >= 0.3 is 0 Å². The number of ether oxygens (including phenoxy) is 1. The summed E-state index contributed by atoms with van der Waals surface area (Å²) in [6.45, 7) is 4.79. The average molecular weight is 496 g/mol. The third-order valence-corrected chi connectivity index (χ3v) is 6.43. The molecule has 1 N–H and O–H groups in total. The minimum absolute atomic E-state index is 0.0426. The first-order chi connectivity index (χ1) is 15.4. The second-order valence-electron chi connectivity index (χ2n) is 7.92. The van der Waals surface area contributed by atoms with Crippen molar-refractivity contribution in [2.75, 3.05) is 24.2 Å². The minimum Gasteiger partial charge on any atom is -0.497 e. The molecule has 1 atom stereocenters. The molecule has 33 heavy (non-hydrogen) atoms. The molecule has 0 saturated heterocycles. The highest BCUT2D eigenvalue weighted by Crippen LogP contribution is 2.24. The zero-order valence-electron chi connectivity index (χ0n) is 19.4. The van der Waals surface area contributed by atoms with Gasteiger partial charge in [-0.25, -0.2) is 8.42 Å². The number of anilines is 1. The number of nitrogens with zero attached hydrogens (tertiary/aromatic N) is 2. The second kappa shape index (κ2) is 11.4. The van der Waals surface area contributed by atoms with Crippen LogP contribution in [0.4, 0.5) is 5.69 Å². The van der Waals surface area contributed by atoms with E-state index in [-0.39, 0.29) is 24.2 Å². The molecule has 8 nitrogen and oxygen atoms in total. The Morgan fingerprint density at radius 3 is 2.33 bits per heavy atom. The van der Waals surface area contributed by atoms with Gasteiger partial charge in [-0.3, -0.25) is 13.9 Å². The Bertz CT molecular complexity index is 1090. The Morgan fingerprint density at radius 1 is 1.09 bits per heavy atom. The van der Waals surface area contributed by atoms with E-state index in [0.29, 0.717) is 16.3 Å². The van der Waals surface area contributed by atoms with Crippen LogP contribution in [-0.2, 0) is 26.2 Å². The van der Waals surface area contributed by atoms with Gasteiger partial charge in [0.25, 0.3) is 0 Å². The number of hydrogen-bond acceptors (Lipinski definition) is 5. The topological polar surface area (TPSA) is 96.0 Å². The van der Waals surface area contributed by atoms with Crippen LogP contribution < -0.4 is 14.4 Å². The summed E-state index contributed by atoms with van der Waals surface area (Å²) in [6, 6.07) is 12.4. The van der Waals surface area contributed by atoms with Crippen molar-refractivity contribution < 1.29 is 22.7 Å². The maximum Gasteiger partial charge on any atom is 0.244 e. The van der Waals surface area contributed by atoms with E-state index in [1.165, 1.54) is 18.1 Å². The predicted octanol–water partition coefficient (Wildman–Crippen LogP) is 3.06. The number of nitrogens with one attached hydrogen (secondary N) is 1. The summed E-state index contributed by atoms with van der Waals surface area (Å²) < 4.78 is 31.3. The van der Waals surface area contributed by atoms with E-state index in [4.69, 9.17) is 16.3 Å². The largest absolute Gasteiger partial charge is 0.497 e. The summed E-state index contributed by atoms with van der Waals surface area (Å²) in [4.78, 5) is 27.5. The van der Waals surface area contributed by atoms with Gasteiger partial charge < -0.3 is 15.0 Å². The number of methoxy groups -OCH3 is 1. The monoisotopic (exact) mass is 495 g/mol. The standard InChI is InChI=1S/C23H30ClN3O5S/c1-16(2)25-23(29)17(3)26(14-18-9-6-7-12-21(18)24)22(28)15-27(33(5,30)31)19-10-8-11-20(13-19)32-4/h6-13,16-17H,14-15H2,1-5H3,(H,25,29)/t17-/m0/s1. The quantitative estimate of drug-likeness (QED) is 0.546. The maximum absolute atomic E-state index is 13.4. The fourth-order valence-corrected chi connectivity index (χ4v) is 4.21. The number of halogens is 1. The Morgan fingerprint density at radius 2 is 1.76 bits per heavy atom. The van der Waals surface area contributed by atoms with Crippen molar-refractivity contribution in [1.82, 2.24) is 10.2 Å². The van der Waals surface area contributed by atoms with Gasteiger partial charge in [0.15, 0.2) is 0 Å². The van der Waals surface area contributed by atoms with Crippen LogP contribution >= 0.6 is 11.6 Å². The van der Waals surface area contributed by atoms with Crippen molar-refractivity contribution >= 4 is 39.1 Å². The molecule has 0 spiro atoms. The van der Waals surface area contributed by atoms with Crippen molar-refractivity contribution in [3.8, 4) is 5.75 Å². The lowest BCUT2D eigenvalue weighted by Gasteiger charge is -2.32. The molecular weight excluding hydrogens is 466 g/mol. The molecule has 0 saturated carbocycles. The highest BCUT2D eigenvalue weighted by atomic mass is 35.5. The van der Waals surface area contributed by atoms with Crippen LogP contribution in [0.1, 0.15) is 26.3 Å². The van der Waals surface area contributed by atoms with Gasteiger partial charge in [0.05, 0.1) is 19.1 Å². The van der Waals surface area contributed by atoms with E-state index < -0.39 is 28.5 Å². The maximum atomic E-state index is 13.4. The highest BCUT2D eigenvalue weighted by molar-refractivity contribution is 7.92. The van der Waals surface area contributed by atoms with Crippen LogP contribution in [0, 0.1) is 0 Å². The molecule has 2 aromatic rings. The van der Waals surface area contributed by atoms with E-state index in [0.717, 1.165) is 10.6 Å². The molecule has 0 fully saturated rings. The molecule has 0 aliphatic rings. The summed E-state index contributed by atoms with van der Waals surface area (Å²) in [5.74, 6) is -0.446. The zero-order chi connectivity index (χ0) is 24.8. The Labute approximate surface area is 200 Å². The van der Waals surface area contributed by atoms with Gasteiger partial charge in [-0.05, 0) is 44.5 Å². The molecule has 10 heteroatoms. The van der Waals surface area contributed by atoms with Crippen LogP contribution in [0.25, 0.3) is 0 Å². The fraction of sp³-hybridized carbons (Fsp3) is 0.391. The molecule has 2 aromatic carbocycles. The normalized spacial score (nSPS) is 12.2. The van der Waals surface area contributed by atoms with Crippen LogP contribution in [0.5, 0.6) is 5.75 Å². The zero-order valence-corrected chi connectivity index (χ0v) is 21.0. The molecule has 0 aromatic heterocycles. The van der Waals surface area contributed by atoms with Crippen molar-refractivity contribution in [1.29, 1.82) is 0 Å². The predicted molar refractivity (Wildman–Crippen MR) is 130 cm³/mol. The van der Waals surface area contributed by atoms with Crippen LogP contribution in [0.3, 0.4) is 0 Å². The first kappa shape index (κ1) is 26.5. The van der Waals surface area contributed by atoms with Gasteiger partial charge in [0, 0.05) is 23.7 Å². The Balaban J connectivity index is 2.42. The summed E-state index contributed by atoms with van der Waals surface area (Å²) in [5.41, 5.74) is 0.922. The molecule has 0 bridgehead atoms. The van der Waals surface area contributed by atoms with Crippen molar-refractivity contribution in [2.24, 2.45) is 0 Å². The van der Waals surface area contributed by atoms with Gasteiger partial charge in [-0.15, -0.1) is 0 Å². The first-order valence-electron chi connectivity index (χ1n) is 10.4.